The number of unbranched alkanes of at least 4 members (excludes halogenated alkanes) is 2. The van der Waals surface area contributed by atoms with Crippen molar-refractivity contribution in [3.63, 3.8) is 0 Å². The number of pyridine rings is 1. The van der Waals surface area contributed by atoms with E-state index in [4.69, 9.17) is 23.9 Å². The standard InChI is InChI=1S/C32H37NO6/c1-36-28-17-13-24(14-18-28)9-6-4-5-7-22-39-30-20-16-27(33-29(30)19-21-31(34)37-2)15-12-25-10-8-11-26(23-25)32(35)38-3/h6,8-11,13-14,16-18,20,23H,4-5,7,12,15,19,21-22H2,1-3H3. The molecule has 7 heteroatoms. The van der Waals surface area contributed by atoms with Crippen molar-refractivity contribution in [2.24, 2.45) is 0 Å². The smallest absolute Gasteiger partial charge is 0.337 e. The van der Waals surface area contributed by atoms with Gasteiger partial charge in [-0.2, -0.15) is 0 Å². The SMILES string of the molecule is COC(=O)CCc1nc(CCc2cccc(C(=O)OC)c2)ccc1OCCCCC=Cc1ccc(OC)cc1. The van der Waals surface area contributed by atoms with Crippen molar-refractivity contribution in [2.75, 3.05) is 27.9 Å². The average molecular weight is 532 g/mol. The van der Waals surface area contributed by atoms with Crippen LogP contribution in [0.3, 0.4) is 0 Å². The molecule has 0 radical (unpaired) electrons. The van der Waals surface area contributed by atoms with Crippen molar-refractivity contribution in [1.29, 1.82) is 0 Å². The van der Waals surface area contributed by atoms with Crippen LogP contribution < -0.4 is 9.47 Å². The van der Waals surface area contributed by atoms with E-state index >= 15 is 0 Å². The average Bonchev–Trinajstić information content (AvgIpc) is 2.98. The number of aryl methyl sites for hydroxylation is 3. The van der Waals surface area contributed by atoms with Crippen molar-refractivity contribution >= 4 is 18.0 Å². The third kappa shape index (κ3) is 9.93. The third-order valence-corrected chi connectivity index (χ3v) is 6.25. The lowest BCUT2D eigenvalue weighted by Gasteiger charge is -2.12. The van der Waals surface area contributed by atoms with Gasteiger partial charge in [-0.25, -0.2) is 4.79 Å². The Morgan fingerprint density at radius 1 is 0.872 bits per heavy atom. The van der Waals surface area contributed by atoms with E-state index in [0.717, 1.165) is 53.9 Å². The van der Waals surface area contributed by atoms with E-state index in [-0.39, 0.29) is 18.4 Å². The maximum atomic E-state index is 11.8. The minimum absolute atomic E-state index is 0.237. The molecule has 1 aromatic heterocycles. The van der Waals surface area contributed by atoms with Crippen LogP contribution in [0.5, 0.6) is 11.5 Å². The lowest BCUT2D eigenvalue weighted by Crippen LogP contribution is -2.08. The number of hydrogen-bond acceptors (Lipinski definition) is 7. The fraction of sp³-hybridized carbons (Fsp3) is 0.344. The number of nitrogens with zero attached hydrogens (tertiary/aromatic N) is 1. The van der Waals surface area contributed by atoms with Gasteiger partial charge >= 0.3 is 11.9 Å². The van der Waals surface area contributed by atoms with Crippen LogP contribution in [0, 0.1) is 0 Å². The number of esters is 2. The fourth-order valence-electron chi connectivity index (χ4n) is 4.03. The van der Waals surface area contributed by atoms with Gasteiger partial charge in [-0.15, -0.1) is 0 Å². The highest BCUT2D eigenvalue weighted by Crippen LogP contribution is 2.21. The van der Waals surface area contributed by atoms with Gasteiger partial charge in [0.2, 0.25) is 0 Å². The Morgan fingerprint density at radius 3 is 2.44 bits per heavy atom. The first kappa shape index (κ1) is 29.4. The number of benzene rings is 2. The van der Waals surface area contributed by atoms with Crippen molar-refractivity contribution < 1.29 is 28.5 Å². The second-order valence-corrected chi connectivity index (χ2v) is 9.04. The summed E-state index contributed by atoms with van der Waals surface area (Å²) in [6.45, 7) is 0.572. The molecule has 0 aliphatic heterocycles. The van der Waals surface area contributed by atoms with E-state index in [2.05, 4.69) is 12.2 Å². The van der Waals surface area contributed by atoms with Gasteiger partial charge in [0.05, 0.1) is 45.6 Å². The summed E-state index contributed by atoms with van der Waals surface area (Å²) in [5.41, 5.74) is 4.35. The summed E-state index contributed by atoms with van der Waals surface area (Å²) in [4.78, 5) is 28.4. The Hall–Kier alpha value is -4.13. The number of aromatic nitrogens is 1. The van der Waals surface area contributed by atoms with E-state index in [1.807, 2.05) is 54.6 Å². The van der Waals surface area contributed by atoms with Crippen LogP contribution in [0.15, 0.2) is 66.7 Å². The highest BCUT2D eigenvalue weighted by Gasteiger charge is 2.12. The minimum atomic E-state index is -0.352. The summed E-state index contributed by atoms with van der Waals surface area (Å²) < 4.78 is 20.9. The van der Waals surface area contributed by atoms with Gasteiger partial charge in [0.15, 0.2) is 0 Å². The van der Waals surface area contributed by atoms with E-state index < -0.39 is 0 Å². The largest absolute Gasteiger partial charge is 0.497 e. The van der Waals surface area contributed by atoms with Crippen LogP contribution >= 0.6 is 0 Å². The van der Waals surface area contributed by atoms with Gasteiger partial charge in [0.1, 0.15) is 11.5 Å². The molecule has 7 nitrogen and oxygen atoms in total. The lowest BCUT2D eigenvalue weighted by molar-refractivity contribution is -0.140. The van der Waals surface area contributed by atoms with E-state index in [0.29, 0.717) is 30.8 Å². The first-order valence-corrected chi connectivity index (χ1v) is 13.2. The Kier molecular flexibility index (Phi) is 12.0. The lowest BCUT2D eigenvalue weighted by atomic mass is 10.0. The number of methoxy groups -OCH3 is 3. The molecule has 0 saturated carbocycles. The molecular formula is C32H37NO6. The maximum Gasteiger partial charge on any atom is 0.337 e. The van der Waals surface area contributed by atoms with Crippen molar-refractivity contribution in [3.05, 3.63) is 94.8 Å². The topological polar surface area (TPSA) is 84.0 Å². The molecular weight excluding hydrogens is 494 g/mol. The third-order valence-electron chi connectivity index (χ3n) is 6.25. The highest BCUT2D eigenvalue weighted by atomic mass is 16.5. The Labute approximate surface area is 230 Å². The van der Waals surface area contributed by atoms with Crippen molar-refractivity contribution in [3.8, 4) is 11.5 Å². The van der Waals surface area contributed by atoms with Crippen LogP contribution in [0.25, 0.3) is 6.08 Å². The molecule has 0 bridgehead atoms. The van der Waals surface area contributed by atoms with Gasteiger partial charge in [-0.3, -0.25) is 9.78 Å². The van der Waals surface area contributed by atoms with Gasteiger partial charge in [-0.05, 0) is 79.6 Å². The molecule has 0 N–H and O–H groups in total. The van der Waals surface area contributed by atoms with Crippen molar-refractivity contribution in [2.45, 2.75) is 44.9 Å². The number of allylic oxidation sites excluding steroid dienone is 1. The number of carbonyl (C=O) groups excluding carboxylic acids is 2. The predicted octanol–water partition coefficient (Wildman–Crippen LogP) is 6.03. The highest BCUT2D eigenvalue weighted by molar-refractivity contribution is 5.89. The second kappa shape index (κ2) is 16.0. The molecule has 2 aromatic carbocycles. The minimum Gasteiger partial charge on any atom is -0.497 e. The molecule has 0 aliphatic carbocycles. The van der Waals surface area contributed by atoms with Gasteiger partial charge < -0.3 is 18.9 Å². The number of ether oxygens (including phenoxy) is 4. The number of rotatable bonds is 15. The molecule has 0 saturated heterocycles. The Bertz CT molecular complexity index is 1240. The summed E-state index contributed by atoms with van der Waals surface area (Å²) in [5, 5.41) is 0. The predicted molar refractivity (Wildman–Crippen MR) is 151 cm³/mol. The van der Waals surface area contributed by atoms with Gasteiger partial charge in [0.25, 0.3) is 0 Å². The van der Waals surface area contributed by atoms with Gasteiger partial charge in [-0.1, -0.05) is 36.4 Å². The van der Waals surface area contributed by atoms with E-state index in [1.54, 1.807) is 13.2 Å². The molecule has 0 unspecified atom stereocenters. The fourth-order valence-corrected chi connectivity index (χ4v) is 4.03. The second-order valence-electron chi connectivity index (χ2n) is 9.04. The molecule has 0 aliphatic rings. The van der Waals surface area contributed by atoms with Crippen LogP contribution in [0.1, 0.15) is 58.6 Å². The van der Waals surface area contributed by atoms with Gasteiger partial charge in [0, 0.05) is 12.1 Å². The summed E-state index contributed by atoms with van der Waals surface area (Å²) in [6, 6.07) is 19.3. The first-order valence-electron chi connectivity index (χ1n) is 13.2. The zero-order valence-corrected chi connectivity index (χ0v) is 23.0. The van der Waals surface area contributed by atoms with E-state index in [9.17, 15) is 9.59 Å². The van der Waals surface area contributed by atoms with Crippen LogP contribution in [0.2, 0.25) is 0 Å². The number of hydrogen-bond donors (Lipinski definition) is 0. The Balaban J connectivity index is 1.53. The quantitative estimate of drug-likeness (QED) is 0.175. The molecule has 206 valence electrons. The molecule has 1 heterocycles. The molecule has 3 aromatic rings. The molecule has 3 rings (SSSR count). The summed E-state index contributed by atoms with van der Waals surface area (Å²) in [7, 11) is 4.42. The molecule has 0 atom stereocenters. The van der Waals surface area contributed by atoms with Crippen LogP contribution in [-0.2, 0) is 33.5 Å². The normalized spacial score (nSPS) is 10.8. The number of carbonyl (C=O) groups is 2. The summed E-state index contributed by atoms with van der Waals surface area (Å²) in [6.07, 6.45) is 9.23. The zero-order chi connectivity index (χ0) is 27.9. The monoisotopic (exact) mass is 531 g/mol. The zero-order valence-electron chi connectivity index (χ0n) is 23.0. The first-order chi connectivity index (χ1) is 19.0. The molecule has 0 spiro atoms. The maximum absolute atomic E-state index is 11.8. The van der Waals surface area contributed by atoms with Crippen molar-refractivity contribution in [1.82, 2.24) is 4.98 Å². The Morgan fingerprint density at radius 2 is 1.69 bits per heavy atom. The van der Waals surface area contributed by atoms with Crippen LogP contribution in [0.4, 0.5) is 0 Å². The van der Waals surface area contributed by atoms with Crippen LogP contribution in [-0.4, -0.2) is 44.9 Å². The molecule has 39 heavy (non-hydrogen) atoms. The molecule has 0 amide bonds. The summed E-state index contributed by atoms with van der Waals surface area (Å²) in [5.74, 6) is 0.915. The van der Waals surface area contributed by atoms with E-state index in [1.165, 1.54) is 14.2 Å². The summed E-state index contributed by atoms with van der Waals surface area (Å²) >= 11 is 0. The molecule has 0 fully saturated rings.